The van der Waals surface area contributed by atoms with Gasteiger partial charge in [0.25, 0.3) is 5.91 Å². The largest absolute Gasteiger partial charge is 0.368 e. The Hall–Kier alpha value is -2.63. The normalized spacial score (nSPS) is 11.2. The Morgan fingerprint density at radius 3 is 2.48 bits per heavy atom. The van der Waals surface area contributed by atoms with Crippen LogP contribution < -0.4 is 16.4 Å². The van der Waals surface area contributed by atoms with Crippen molar-refractivity contribution in [3.8, 4) is 0 Å². The summed E-state index contributed by atoms with van der Waals surface area (Å²) in [7, 11) is 0. The smallest absolute Gasteiger partial charge is 0.251 e. The number of hydrogen-bond acceptors (Lipinski definition) is 3. The molecule has 0 radical (unpaired) electrons. The second-order valence-corrected chi connectivity index (χ2v) is 4.44. The fourth-order valence-electron chi connectivity index (χ4n) is 1.67. The molecule has 4 N–H and O–H groups in total. The van der Waals surface area contributed by atoms with Crippen LogP contribution >= 0.6 is 0 Å². The van der Waals surface area contributed by atoms with E-state index in [1.807, 2.05) is 0 Å². The Labute approximate surface area is 123 Å². The molecule has 0 aromatic heterocycles. The van der Waals surface area contributed by atoms with Crippen molar-refractivity contribution in [3.63, 3.8) is 0 Å². The summed E-state index contributed by atoms with van der Waals surface area (Å²) < 4.78 is 0. The summed E-state index contributed by atoms with van der Waals surface area (Å²) >= 11 is 0. The van der Waals surface area contributed by atoms with Crippen LogP contribution in [-0.4, -0.2) is 30.3 Å². The zero-order valence-corrected chi connectivity index (χ0v) is 11.7. The summed E-state index contributed by atoms with van der Waals surface area (Å²) in [6, 6.07) is 7.78. The predicted molar refractivity (Wildman–Crippen MR) is 79.3 cm³/mol. The molecule has 0 bridgehead atoms. The maximum atomic E-state index is 11.7. The zero-order valence-electron chi connectivity index (χ0n) is 11.7. The van der Waals surface area contributed by atoms with E-state index in [1.165, 1.54) is 0 Å². The van der Waals surface area contributed by atoms with Crippen molar-refractivity contribution in [2.24, 2.45) is 5.73 Å². The Bertz CT molecular complexity index is 514. The minimum Gasteiger partial charge on any atom is -0.368 e. The number of carbonyl (C=O) groups is 3. The van der Waals surface area contributed by atoms with Crippen molar-refractivity contribution in [3.05, 3.63) is 48.6 Å². The van der Waals surface area contributed by atoms with Gasteiger partial charge in [0.15, 0.2) is 0 Å². The Balaban J connectivity index is 2.44. The van der Waals surface area contributed by atoms with E-state index < -0.39 is 17.9 Å². The summed E-state index contributed by atoms with van der Waals surface area (Å²) in [4.78, 5) is 34.6. The quantitative estimate of drug-likeness (QED) is 0.602. The van der Waals surface area contributed by atoms with Crippen molar-refractivity contribution in [2.45, 2.75) is 18.9 Å². The molecular weight excluding hydrogens is 270 g/mol. The lowest BCUT2D eigenvalue weighted by atomic mass is 10.1. The lowest BCUT2D eigenvalue weighted by Crippen LogP contribution is -2.47. The molecule has 1 aromatic carbocycles. The van der Waals surface area contributed by atoms with Gasteiger partial charge in [0.1, 0.15) is 6.04 Å². The molecule has 0 heterocycles. The molecule has 1 aromatic rings. The zero-order chi connectivity index (χ0) is 15.7. The average Bonchev–Trinajstić information content (AvgIpc) is 2.49. The highest BCUT2D eigenvalue weighted by Crippen LogP contribution is 1.98. The molecule has 6 nitrogen and oxygen atoms in total. The third-order valence-electron chi connectivity index (χ3n) is 2.78. The van der Waals surface area contributed by atoms with Crippen LogP contribution in [0.5, 0.6) is 0 Å². The highest BCUT2D eigenvalue weighted by atomic mass is 16.2. The lowest BCUT2D eigenvalue weighted by Gasteiger charge is -2.14. The van der Waals surface area contributed by atoms with Crippen molar-refractivity contribution in [1.82, 2.24) is 10.6 Å². The maximum absolute atomic E-state index is 11.7. The molecule has 1 atom stereocenters. The van der Waals surface area contributed by atoms with E-state index in [0.717, 1.165) is 0 Å². The first kappa shape index (κ1) is 16.4. The molecular formula is C15H19N3O3. The Morgan fingerprint density at radius 2 is 1.90 bits per heavy atom. The van der Waals surface area contributed by atoms with Crippen molar-refractivity contribution in [2.75, 3.05) is 6.54 Å². The molecule has 0 spiro atoms. The molecule has 0 aliphatic carbocycles. The number of nitrogens with one attached hydrogen (secondary N) is 2. The van der Waals surface area contributed by atoms with E-state index in [4.69, 9.17) is 5.73 Å². The number of carbonyl (C=O) groups excluding carboxylic acids is 3. The molecule has 1 rings (SSSR count). The highest BCUT2D eigenvalue weighted by Gasteiger charge is 2.17. The summed E-state index contributed by atoms with van der Waals surface area (Å²) in [6.07, 6.45) is 2.58. The van der Waals surface area contributed by atoms with Gasteiger partial charge in [0, 0.05) is 5.56 Å². The number of hydrogen-bond donors (Lipinski definition) is 3. The third kappa shape index (κ3) is 5.90. The minimum atomic E-state index is -0.760. The highest BCUT2D eigenvalue weighted by molar-refractivity contribution is 5.97. The van der Waals surface area contributed by atoms with E-state index in [0.29, 0.717) is 18.4 Å². The molecule has 0 aliphatic heterocycles. The van der Waals surface area contributed by atoms with Crippen molar-refractivity contribution < 1.29 is 14.4 Å². The van der Waals surface area contributed by atoms with Gasteiger partial charge < -0.3 is 16.4 Å². The minimum absolute atomic E-state index is 0.217. The third-order valence-corrected chi connectivity index (χ3v) is 2.78. The topological polar surface area (TPSA) is 101 Å². The average molecular weight is 289 g/mol. The van der Waals surface area contributed by atoms with E-state index in [1.54, 1.807) is 36.4 Å². The van der Waals surface area contributed by atoms with Crippen molar-refractivity contribution in [1.29, 1.82) is 0 Å². The summed E-state index contributed by atoms with van der Waals surface area (Å²) in [5.74, 6) is -1.43. The Kier molecular flexibility index (Phi) is 6.67. The summed E-state index contributed by atoms with van der Waals surface area (Å²) in [5.41, 5.74) is 5.66. The van der Waals surface area contributed by atoms with Crippen LogP contribution in [0.3, 0.4) is 0 Å². The van der Waals surface area contributed by atoms with Gasteiger partial charge in [-0.25, -0.2) is 0 Å². The number of primary amides is 1. The molecule has 0 unspecified atom stereocenters. The van der Waals surface area contributed by atoms with E-state index in [9.17, 15) is 14.4 Å². The molecule has 21 heavy (non-hydrogen) atoms. The number of allylic oxidation sites excluding steroid dienone is 1. The number of nitrogens with two attached hydrogens (primary N) is 1. The van der Waals surface area contributed by atoms with Crippen LogP contribution in [-0.2, 0) is 9.59 Å². The molecule has 0 saturated carbocycles. The summed E-state index contributed by atoms with van der Waals surface area (Å²) in [6.45, 7) is 3.33. The van der Waals surface area contributed by atoms with Crippen LogP contribution in [0.1, 0.15) is 23.2 Å². The molecule has 112 valence electrons. The maximum Gasteiger partial charge on any atom is 0.251 e. The summed E-state index contributed by atoms with van der Waals surface area (Å²) in [5, 5.41) is 4.96. The monoisotopic (exact) mass is 289 g/mol. The standard InChI is InChI=1S/C15H19N3O3/c1-2-3-9-12(14(16)20)18-13(19)10-17-15(21)11-7-5-4-6-8-11/h2,4-8,12H,1,3,9-10H2,(H2,16,20)(H,17,21)(H,18,19)/t12-/m0/s1. The van der Waals surface area contributed by atoms with E-state index >= 15 is 0 Å². The van der Waals surface area contributed by atoms with Gasteiger partial charge >= 0.3 is 0 Å². The number of rotatable bonds is 8. The van der Waals surface area contributed by atoms with Gasteiger partial charge in [0.05, 0.1) is 6.54 Å². The van der Waals surface area contributed by atoms with Crippen LogP contribution in [0.2, 0.25) is 0 Å². The molecule has 0 aliphatic rings. The first-order valence-corrected chi connectivity index (χ1v) is 6.57. The second kappa shape index (κ2) is 8.52. The number of benzene rings is 1. The first-order valence-electron chi connectivity index (χ1n) is 6.57. The molecule has 3 amide bonds. The van der Waals surface area contributed by atoms with Gasteiger partial charge in [-0.1, -0.05) is 24.3 Å². The fourth-order valence-corrected chi connectivity index (χ4v) is 1.67. The van der Waals surface area contributed by atoms with Crippen LogP contribution in [0.25, 0.3) is 0 Å². The van der Waals surface area contributed by atoms with Crippen LogP contribution in [0.15, 0.2) is 43.0 Å². The van der Waals surface area contributed by atoms with Crippen LogP contribution in [0, 0.1) is 0 Å². The van der Waals surface area contributed by atoms with Gasteiger partial charge in [-0.15, -0.1) is 6.58 Å². The SMILES string of the molecule is C=CCC[C@H](NC(=O)CNC(=O)c1ccccc1)C(N)=O. The fraction of sp³-hybridized carbons (Fsp3) is 0.267. The van der Waals surface area contributed by atoms with Gasteiger partial charge in [0.2, 0.25) is 11.8 Å². The second-order valence-electron chi connectivity index (χ2n) is 4.44. The van der Waals surface area contributed by atoms with E-state index in [2.05, 4.69) is 17.2 Å². The van der Waals surface area contributed by atoms with E-state index in [-0.39, 0.29) is 12.5 Å². The van der Waals surface area contributed by atoms with Crippen molar-refractivity contribution >= 4 is 17.7 Å². The number of amides is 3. The molecule has 0 fully saturated rings. The first-order chi connectivity index (χ1) is 10.0. The van der Waals surface area contributed by atoms with Crippen LogP contribution in [0.4, 0.5) is 0 Å². The molecule has 0 saturated heterocycles. The van der Waals surface area contributed by atoms with Gasteiger partial charge in [-0.05, 0) is 25.0 Å². The van der Waals surface area contributed by atoms with Gasteiger partial charge in [-0.3, -0.25) is 14.4 Å². The van der Waals surface area contributed by atoms with Gasteiger partial charge in [-0.2, -0.15) is 0 Å². The Morgan fingerprint density at radius 1 is 1.24 bits per heavy atom. The lowest BCUT2D eigenvalue weighted by molar-refractivity contribution is -0.126. The predicted octanol–water partition coefficient (Wildman–Crippen LogP) is 0.353. The molecule has 6 heteroatoms.